The van der Waals surface area contributed by atoms with E-state index in [4.69, 9.17) is 4.74 Å². The van der Waals surface area contributed by atoms with Crippen LogP contribution in [0.2, 0.25) is 0 Å². The number of amides is 1. The Kier molecular flexibility index (Phi) is 6.85. The Labute approximate surface area is 191 Å². The standard InChI is InChI=1S/C23H26F2N2O5S/c1-31-20-9-7-18(15-21(20)32-23(24)25)22(28)26-10-12-27(13-11-26)33(29,30)19-8-6-16-4-2-3-5-17(16)14-19/h6-9,14-15,23H,2-5,10-13H2,1H3. The van der Waals surface area contributed by atoms with E-state index in [0.717, 1.165) is 31.2 Å². The number of halogens is 2. The molecule has 1 aliphatic heterocycles. The van der Waals surface area contributed by atoms with Gasteiger partial charge in [-0.2, -0.15) is 13.1 Å². The summed E-state index contributed by atoms with van der Waals surface area (Å²) in [7, 11) is -2.35. The number of sulfonamides is 1. The smallest absolute Gasteiger partial charge is 0.387 e. The quantitative estimate of drug-likeness (QED) is 0.634. The van der Waals surface area contributed by atoms with Crippen molar-refractivity contribution in [2.24, 2.45) is 0 Å². The molecule has 2 aromatic rings. The van der Waals surface area contributed by atoms with Crippen LogP contribution in [-0.2, 0) is 22.9 Å². The number of carbonyl (C=O) groups excluding carboxylic acids is 1. The molecule has 4 rings (SSSR count). The van der Waals surface area contributed by atoms with Crippen molar-refractivity contribution in [3.8, 4) is 11.5 Å². The van der Waals surface area contributed by atoms with E-state index in [2.05, 4.69) is 4.74 Å². The van der Waals surface area contributed by atoms with Crippen LogP contribution < -0.4 is 9.47 Å². The van der Waals surface area contributed by atoms with Crippen LogP contribution in [0.3, 0.4) is 0 Å². The first-order valence-corrected chi connectivity index (χ1v) is 12.3. The lowest BCUT2D eigenvalue weighted by Crippen LogP contribution is -2.50. The molecule has 1 aliphatic carbocycles. The highest BCUT2D eigenvalue weighted by Crippen LogP contribution is 2.30. The van der Waals surface area contributed by atoms with Crippen molar-refractivity contribution in [2.45, 2.75) is 37.2 Å². The Morgan fingerprint density at radius 1 is 0.939 bits per heavy atom. The van der Waals surface area contributed by atoms with Gasteiger partial charge in [-0.05, 0) is 67.1 Å². The predicted octanol–water partition coefficient (Wildman–Crippen LogP) is 3.32. The maximum Gasteiger partial charge on any atom is 0.387 e. The monoisotopic (exact) mass is 480 g/mol. The van der Waals surface area contributed by atoms with Gasteiger partial charge in [0, 0.05) is 31.7 Å². The minimum atomic E-state index is -3.66. The number of methoxy groups -OCH3 is 1. The number of carbonyl (C=O) groups is 1. The zero-order valence-electron chi connectivity index (χ0n) is 18.3. The normalized spacial score (nSPS) is 17.0. The van der Waals surface area contributed by atoms with Gasteiger partial charge in [0.2, 0.25) is 10.0 Å². The van der Waals surface area contributed by atoms with Crippen LogP contribution in [0.4, 0.5) is 8.78 Å². The lowest BCUT2D eigenvalue weighted by molar-refractivity contribution is -0.0512. The minimum absolute atomic E-state index is 0.0906. The predicted molar refractivity (Wildman–Crippen MR) is 117 cm³/mol. The number of nitrogens with zero attached hydrogens (tertiary/aromatic N) is 2. The molecule has 1 heterocycles. The molecule has 1 saturated heterocycles. The molecule has 0 radical (unpaired) electrons. The summed E-state index contributed by atoms with van der Waals surface area (Å²) in [5, 5.41) is 0. The fraction of sp³-hybridized carbons (Fsp3) is 0.435. The molecule has 0 unspecified atom stereocenters. The van der Waals surface area contributed by atoms with Gasteiger partial charge in [-0.15, -0.1) is 0 Å². The molecular weight excluding hydrogens is 454 g/mol. The van der Waals surface area contributed by atoms with Gasteiger partial charge in [0.05, 0.1) is 12.0 Å². The summed E-state index contributed by atoms with van der Waals surface area (Å²) in [6.07, 6.45) is 4.05. The topological polar surface area (TPSA) is 76.2 Å². The van der Waals surface area contributed by atoms with Crippen molar-refractivity contribution in [2.75, 3.05) is 33.3 Å². The molecule has 0 atom stereocenters. The van der Waals surface area contributed by atoms with Crippen LogP contribution in [0, 0.1) is 0 Å². The summed E-state index contributed by atoms with van der Waals surface area (Å²) in [4.78, 5) is 14.7. The van der Waals surface area contributed by atoms with Crippen molar-refractivity contribution < 1.29 is 31.5 Å². The maximum atomic E-state index is 13.2. The van der Waals surface area contributed by atoms with E-state index < -0.39 is 16.6 Å². The highest BCUT2D eigenvalue weighted by Gasteiger charge is 2.31. The first-order chi connectivity index (χ1) is 15.8. The van der Waals surface area contributed by atoms with E-state index in [9.17, 15) is 22.0 Å². The van der Waals surface area contributed by atoms with Crippen molar-refractivity contribution in [1.82, 2.24) is 9.21 Å². The Balaban J connectivity index is 1.45. The molecular formula is C23H26F2N2O5S. The Bertz CT molecular complexity index is 1130. The average Bonchev–Trinajstić information content (AvgIpc) is 2.83. The van der Waals surface area contributed by atoms with Gasteiger partial charge in [-0.1, -0.05) is 6.07 Å². The Morgan fingerprint density at radius 3 is 2.30 bits per heavy atom. The molecule has 7 nitrogen and oxygen atoms in total. The number of hydrogen-bond acceptors (Lipinski definition) is 5. The average molecular weight is 481 g/mol. The summed E-state index contributed by atoms with van der Waals surface area (Å²) in [6, 6.07) is 9.42. The molecule has 0 spiro atoms. The van der Waals surface area contributed by atoms with Gasteiger partial charge in [0.25, 0.3) is 5.91 Å². The van der Waals surface area contributed by atoms with Crippen molar-refractivity contribution in [1.29, 1.82) is 0 Å². The fourth-order valence-electron chi connectivity index (χ4n) is 4.33. The number of aryl methyl sites for hydroxylation is 2. The van der Waals surface area contributed by atoms with E-state index in [-0.39, 0.29) is 54.0 Å². The summed E-state index contributed by atoms with van der Waals surface area (Å²) in [5.41, 5.74) is 2.47. The summed E-state index contributed by atoms with van der Waals surface area (Å²) >= 11 is 0. The van der Waals surface area contributed by atoms with Crippen molar-refractivity contribution >= 4 is 15.9 Å². The number of rotatable bonds is 6. The van der Waals surface area contributed by atoms with Gasteiger partial charge >= 0.3 is 6.61 Å². The van der Waals surface area contributed by atoms with Gasteiger partial charge in [-0.25, -0.2) is 8.42 Å². The van der Waals surface area contributed by atoms with Crippen LogP contribution in [0.25, 0.3) is 0 Å². The third-order valence-corrected chi connectivity index (χ3v) is 8.00. The van der Waals surface area contributed by atoms with E-state index in [1.165, 1.54) is 40.1 Å². The number of alkyl halides is 2. The van der Waals surface area contributed by atoms with Crippen LogP contribution in [0.5, 0.6) is 11.5 Å². The first-order valence-electron chi connectivity index (χ1n) is 10.8. The van der Waals surface area contributed by atoms with Gasteiger partial charge in [0.15, 0.2) is 11.5 Å². The van der Waals surface area contributed by atoms with Crippen LogP contribution in [-0.4, -0.2) is 63.4 Å². The summed E-state index contributed by atoms with van der Waals surface area (Å²) < 4.78 is 62.5. The van der Waals surface area contributed by atoms with E-state index in [0.29, 0.717) is 0 Å². The maximum absolute atomic E-state index is 13.2. The molecule has 0 N–H and O–H groups in total. The second kappa shape index (κ2) is 9.64. The van der Waals surface area contributed by atoms with Crippen molar-refractivity contribution in [3.63, 3.8) is 0 Å². The zero-order chi connectivity index (χ0) is 23.6. The van der Waals surface area contributed by atoms with Crippen LogP contribution in [0.15, 0.2) is 41.3 Å². The van der Waals surface area contributed by atoms with Crippen molar-refractivity contribution in [3.05, 3.63) is 53.1 Å². The molecule has 1 amide bonds. The Hall–Kier alpha value is -2.72. The van der Waals surface area contributed by atoms with E-state index >= 15 is 0 Å². The number of piperazine rings is 1. The van der Waals surface area contributed by atoms with Crippen LogP contribution >= 0.6 is 0 Å². The van der Waals surface area contributed by atoms with Gasteiger partial charge in [-0.3, -0.25) is 4.79 Å². The molecule has 0 bridgehead atoms. The first kappa shape index (κ1) is 23.4. The second-order valence-electron chi connectivity index (χ2n) is 8.08. The number of fused-ring (bicyclic) bond motifs is 1. The largest absolute Gasteiger partial charge is 0.493 e. The molecule has 178 valence electrons. The summed E-state index contributed by atoms with van der Waals surface area (Å²) in [5.74, 6) is -0.526. The molecule has 2 aromatic carbocycles. The highest BCUT2D eigenvalue weighted by molar-refractivity contribution is 7.89. The second-order valence-corrected chi connectivity index (χ2v) is 10.0. The lowest BCUT2D eigenvalue weighted by atomic mass is 9.92. The molecule has 0 saturated carbocycles. The highest BCUT2D eigenvalue weighted by atomic mass is 32.2. The third-order valence-electron chi connectivity index (χ3n) is 6.11. The third kappa shape index (κ3) is 4.96. The summed E-state index contributed by atoms with van der Waals surface area (Å²) in [6.45, 7) is -2.36. The minimum Gasteiger partial charge on any atom is -0.493 e. The van der Waals surface area contributed by atoms with Crippen LogP contribution in [0.1, 0.15) is 34.3 Å². The zero-order valence-corrected chi connectivity index (χ0v) is 19.1. The molecule has 1 fully saturated rings. The van der Waals surface area contributed by atoms with Gasteiger partial charge < -0.3 is 14.4 Å². The molecule has 2 aliphatic rings. The number of ether oxygens (including phenoxy) is 2. The fourth-order valence-corrected chi connectivity index (χ4v) is 5.80. The SMILES string of the molecule is COc1ccc(C(=O)N2CCN(S(=O)(=O)c3ccc4c(c3)CCCC4)CC2)cc1OC(F)F. The molecule has 0 aromatic heterocycles. The number of benzene rings is 2. The lowest BCUT2D eigenvalue weighted by Gasteiger charge is -2.34. The van der Waals surface area contributed by atoms with E-state index in [1.54, 1.807) is 12.1 Å². The molecule has 33 heavy (non-hydrogen) atoms. The van der Waals surface area contributed by atoms with Gasteiger partial charge in [0.1, 0.15) is 0 Å². The Morgan fingerprint density at radius 2 is 1.64 bits per heavy atom. The van der Waals surface area contributed by atoms with E-state index in [1.807, 2.05) is 6.07 Å². The number of hydrogen-bond donors (Lipinski definition) is 0. The molecule has 10 heteroatoms.